The maximum atomic E-state index is 13.2. The Bertz CT molecular complexity index is 1140. The van der Waals surface area contributed by atoms with Crippen molar-refractivity contribution in [1.82, 2.24) is 15.0 Å². The molecule has 5 rings (SSSR count). The molecule has 4 heterocycles. The van der Waals surface area contributed by atoms with Crippen LogP contribution in [0, 0.1) is 5.41 Å². The van der Waals surface area contributed by atoms with Crippen LogP contribution in [0.3, 0.4) is 0 Å². The molecule has 33 heavy (non-hydrogen) atoms. The molecule has 0 radical (unpaired) electrons. The number of nitrogens with two attached hydrogens (primary N) is 1. The molecule has 1 aromatic carbocycles. The van der Waals surface area contributed by atoms with Crippen molar-refractivity contribution >= 4 is 34.1 Å². The molecular weight excluding hydrogens is 414 g/mol. The van der Waals surface area contributed by atoms with Crippen molar-refractivity contribution in [3.8, 4) is 0 Å². The van der Waals surface area contributed by atoms with Crippen molar-refractivity contribution in [1.29, 1.82) is 0 Å². The molecule has 2 aromatic heterocycles. The lowest BCUT2D eigenvalue weighted by Gasteiger charge is -2.39. The van der Waals surface area contributed by atoms with E-state index in [0.717, 1.165) is 41.3 Å². The van der Waals surface area contributed by atoms with Crippen LogP contribution in [-0.4, -0.2) is 52.6 Å². The van der Waals surface area contributed by atoms with E-state index in [-0.39, 0.29) is 5.91 Å². The van der Waals surface area contributed by atoms with Crippen LogP contribution in [0.2, 0.25) is 0 Å². The minimum Gasteiger partial charge on any atom is -0.371 e. The molecule has 2 aliphatic rings. The first-order valence-electron chi connectivity index (χ1n) is 11.8. The lowest BCUT2D eigenvalue weighted by atomic mass is 9.82. The van der Waals surface area contributed by atoms with Gasteiger partial charge in [-0.3, -0.25) is 4.79 Å². The quantitative estimate of drug-likeness (QED) is 0.565. The summed E-state index contributed by atoms with van der Waals surface area (Å²) in [4.78, 5) is 29.6. The summed E-state index contributed by atoms with van der Waals surface area (Å²) in [6.45, 7) is 8.09. The molecule has 4 N–H and O–H groups in total. The molecule has 1 amide bonds. The second kappa shape index (κ2) is 8.33. The highest BCUT2D eigenvalue weighted by Crippen LogP contribution is 2.33. The normalized spacial score (nSPS) is 20.1. The van der Waals surface area contributed by atoms with Crippen molar-refractivity contribution < 1.29 is 4.79 Å². The van der Waals surface area contributed by atoms with Crippen molar-refractivity contribution in [2.75, 3.05) is 41.3 Å². The number of piperidine rings is 2. The molecule has 0 bridgehead atoms. The van der Waals surface area contributed by atoms with Crippen LogP contribution in [0.25, 0.3) is 11.0 Å². The first kappa shape index (κ1) is 21.7. The molecule has 174 valence electrons. The Balaban J connectivity index is 1.23. The lowest BCUT2D eigenvalue weighted by Crippen LogP contribution is -2.58. The number of nitrogens with one attached hydrogen (secondary N) is 2. The maximum Gasteiger partial charge on any atom is 0.244 e. The first-order chi connectivity index (χ1) is 15.8. The fourth-order valence-corrected chi connectivity index (χ4v) is 4.86. The van der Waals surface area contributed by atoms with Gasteiger partial charge in [0.05, 0.1) is 10.9 Å². The number of anilines is 3. The fourth-order valence-electron chi connectivity index (χ4n) is 4.86. The van der Waals surface area contributed by atoms with E-state index in [2.05, 4.69) is 56.0 Å². The van der Waals surface area contributed by atoms with Crippen molar-refractivity contribution in [2.45, 2.75) is 45.1 Å². The Morgan fingerprint density at radius 2 is 1.76 bits per heavy atom. The van der Waals surface area contributed by atoms with E-state index in [4.69, 9.17) is 5.73 Å². The first-order valence-corrected chi connectivity index (χ1v) is 11.8. The molecule has 0 aliphatic carbocycles. The minimum absolute atomic E-state index is 0.117. The predicted molar refractivity (Wildman–Crippen MR) is 133 cm³/mol. The van der Waals surface area contributed by atoms with Gasteiger partial charge in [0.1, 0.15) is 17.8 Å². The molecular formula is C25H33N7O. The zero-order chi connectivity index (χ0) is 23.1. The van der Waals surface area contributed by atoms with Crippen LogP contribution in [0.1, 0.15) is 39.5 Å². The number of hydrogen-bond acceptors (Lipinski definition) is 6. The van der Waals surface area contributed by atoms with Gasteiger partial charge in [-0.15, -0.1) is 0 Å². The van der Waals surface area contributed by atoms with Gasteiger partial charge < -0.3 is 25.8 Å². The van der Waals surface area contributed by atoms with Gasteiger partial charge in [-0.05, 0) is 55.4 Å². The molecule has 8 nitrogen and oxygen atoms in total. The van der Waals surface area contributed by atoms with Gasteiger partial charge in [0, 0.05) is 43.8 Å². The molecule has 2 aliphatic heterocycles. The van der Waals surface area contributed by atoms with Crippen molar-refractivity contribution in [3.05, 3.63) is 42.9 Å². The topological polar surface area (TPSA) is 103 Å². The number of H-pyrrole nitrogens is 1. The van der Waals surface area contributed by atoms with Gasteiger partial charge in [0.2, 0.25) is 5.91 Å². The zero-order valence-electron chi connectivity index (χ0n) is 19.5. The van der Waals surface area contributed by atoms with Crippen LogP contribution in [-0.2, 0) is 4.79 Å². The number of amides is 1. The zero-order valence-corrected chi connectivity index (χ0v) is 19.5. The largest absolute Gasteiger partial charge is 0.371 e. The van der Waals surface area contributed by atoms with E-state index in [1.165, 1.54) is 12.8 Å². The molecule has 3 aromatic rings. The number of aromatic amines is 1. The van der Waals surface area contributed by atoms with Gasteiger partial charge in [0.25, 0.3) is 0 Å². The summed E-state index contributed by atoms with van der Waals surface area (Å²) in [5.74, 6) is 0.773. The van der Waals surface area contributed by atoms with Gasteiger partial charge in [0.15, 0.2) is 0 Å². The summed E-state index contributed by atoms with van der Waals surface area (Å²) in [6, 6.07) is 10.1. The number of fused-ring (bicyclic) bond motifs is 1. The molecule has 8 heteroatoms. The number of hydrogen-bond donors (Lipinski definition) is 3. The Labute approximate surface area is 194 Å². The third-order valence-electron chi connectivity index (χ3n) is 7.33. The third-order valence-corrected chi connectivity index (χ3v) is 7.33. The maximum absolute atomic E-state index is 13.2. The molecule has 2 fully saturated rings. The van der Waals surface area contributed by atoms with Crippen LogP contribution < -0.4 is 20.9 Å². The average molecular weight is 448 g/mol. The number of nitrogens with zero attached hydrogens (tertiary/aromatic N) is 4. The summed E-state index contributed by atoms with van der Waals surface area (Å²) in [5.41, 5.74) is 8.89. The predicted octanol–water partition coefficient (Wildman–Crippen LogP) is 3.52. The van der Waals surface area contributed by atoms with Gasteiger partial charge in [-0.1, -0.05) is 19.9 Å². The second-order valence-corrected chi connectivity index (χ2v) is 10.2. The number of aromatic nitrogens is 3. The van der Waals surface area contributed by atoms with Crippen LogP contribution in [0.4, 0.5) is 17.2 Å². The van der Waals surface area contributed by atoms with Crippen molar-refractivity contribution in [3.63, 3.8) is 0 Å². The lowest BCUT2D eigenvalue weighted by molar-refractivity contribution is -0.121. The summed E-state index contributed by atoms with van der Waals surface area (Å²) in [6.07, 6.45) is 6.92. The number of carbonyl (C=O) groups excluding carboxylic acids is 1. The summed E-state index contributed by atoms with van der Waals surface area (Å²) < 4.78 is 0. The Kier molecular flexibility index (Phi) is 5.48. The highest BCUT2D eigenvalue weighted by molar-refractivity contribution is 5.98. The standard InChI is InChI=1S/C25H33N7O/c1-24(2)7-12-31(13-8-24)19-5-3-4-18(16-19)30-23(33)25(26)9-14-32(15-10-25)22-20-6-11-27-21(20)28-17-29-22/h3-6,11,16-17H,7-10,12-15,26H2,1-2H3,(H,30,33)(H,27,28,29). The molecule has 0 saturated carbocycles. The molecule has 0 atom stereocenters. The van der Waals surface area contributed by atoms with E-state index in [1.54, 1.807) is 6.33 Å². The van der Waals surface area contributed by atoms with E-state index in [9.17, 15) is 4.79 Å². The average Bonchev–Trinajstić information content (AvgIpc) is 3.29. The van der Waals surface area contributed by atoms with E-state index >= 15 is 0 Å². The van der Waals surface area contributed by atoms with E-state index in [1.807, 2.05) is 24.4 Å². The fraction of sp³-hybridized carbons (Fsp3) is 0.480. The Morgan fingerprint density at radius 3 is 2.52 bits per heavy atom. The minimum atomic E-state index is -0.897. The second-order valence-electron chi connectivity index (χ2n) is 10.2. The number of rotatable bonds is 4. The van der Waals surface area contributed by atoms with Gasteiger partial charge >= 0.3 is 0 Å². The molecule has 0 spiro atoms. The van der Waals surface area contributed by atoms with Gasteiger partial charge in [-0.25, -0.2) is 9.97 Å². The third kappa shape index (κ3) is 4.39. The highest BCUT2D eigenvalue weighted by atomic mass is 16.2. The van der Waals surface area contributed by atoms with Gasteiger partial charge in [-0.2, -0.15) is 0 Å². The van der Waals surface area contributed by atoms with Crippen LogP contribution in [0.15, 0.2) is 42.9 Å². The highest BCUT2D eigenvalue weighted by Gasteiger charge is 2.38. The van der Waals surface area contributed by atoms with E-state index < -0.39 is 5.54 Å². The Morgan fingerprint density at radius 1 is 1.03 bits per heavy atom. The van der Waals surface area contributed by atoms with E-state index in [0.29, 0.717) is 31.3 Å². The number of benzene rings is 1. The molecule has 2 saturated heterocycles. The SMILES string of the molecule is CC1(C)CCN(c2cccc(NC(=O)C3(N)CCN(c4ncnc5[nH]ccc45)CC3)c2)CC1. The van der Waals surface area contributed by atoms with Crippen LogP contribution >= 0.6 is 0 Å². The van der Waals surface area contributed by atoms with Crippen molar-refractivity contribution in [2.24, 2.45) is 11.1 Å². The monoisotopic (exact) mass is 447 g/mol. The van der Waals surface area contributed by atoms with Crippen LogP contribution in [0.5, 0.6) is 0 Å². The molecule has 0 unspecified atom stereocenters. The summed E-state index contributed by atoms with van der Waals surface area (Å²) in [7, 11) is 0. The Hall–Kier alpha value is -3.13. The summed E-state index contributed by atoms with van der Waals surface area (Å²) >= 11 is 0. The smallest absolute Gasteiger partial charge is 0.244 e. The summed E-state index contributed by atoms with van der Waals surface area (Å²) in [5, 5.41) is 4.08. The number of carbonyl (C=O) groups is 1.